The van der Waals surface area contributed by atoms with Gasteiger partial charge in [-0.2, -0.15) is 0 Å². The fraction of sp³-hybridized carbons (Fsp3) is 0.545. The zero-order valence-electron chi connectivity index (χ0n) is 9.49. The Kier molecular flexibility index (Phi) is 3.26. The van der Waals surface area contributed by atoms with E-state index in [2.05, 4.69) is 22.7 Å². The number of nitrogens with zero attached hydrogens (tertiary/aromatic N) is 1. The molecule has 1 atom stereocenters. The van der Waals surface area contributed by atoms with Gasteiger partial charge in [-0.3, -0.25) is 0 Å². The summed E-state index contributed by atoms with van der Waals surface area (Å²) in [4.78, 5) is 4.28. The Bertz CT molecular complexity index is 350. The summed E-state index contributed by atoms with van der Waals surface area (Å²) in [5.41, 5.74) is 2.46. The van der Waals surface area contributed by atoms with Crippen LogP contribution in [0.3, 0.4) is 0 Å². The first-order valence-corrected chi connectivity index (χ1v) is 5.53. The normalized spacial score (nSPS) is 24.4. The van der Waals surface area contributed by atoms with E-state index in [0.29, 0.717) is 5.82 Å². The van der Waals surface area contributed by atoms with Crippen molar-refractivity contribution >= 4 is 11.6 Å². The minimum absolute atomic E-state index is 0.0617. The minimum atomic E-state index is -0.0617. The van der Waals surface area contributed by atoms with Crippen LogP contribution in [0.1, 0.15) is 19.8 Å². The summed E-state index contributed by atoms with van der Waals surface area (Å²) in [6, 6.07) is 5.64. The number of anilines is 2. The molecule has 5 nitrogen and oxygen atoms in total. The number of hydrogen-bond donors (Lipinski definition) is 3. The summed E-state index contributed by atoms with van der Waals surface area (Å²) in [6.45, 7) is 3.75. The number of nitrogen functional groups attached to an aromatic ring is 1. The summed E-state index contributed by atoms with van der Waals surface area (Å²) in [5, 5.41) is 3.27. The van der Waals surface area contributed by atoms with Crippen LogP contribution in [0.25, 0.3) is 0 Å². The first-order valence-electron chi connectivity index (χ1n) is 5.53. The molecule has 1 fully saturated rings. The van der Waals surface area contributed by atoms with Gasteiger partial charge in [0.25, 0.3) is 0 Å². The van der Waals surface area contributed by atoms with Gasteiger partial charge in [0.1, 0.15) is 11.6 Å². The highest BCUT2D eigenvalue weighted by Gasteiger charge is 2.29. The number of nitrogens with two attached hydrogens (primary N) is 1. The first kappa shape index (κ1) is 11.2. The van der Waals surface area contributed by atoms with Crippen LogP contribution in [0.4, 0.5) is 11.6 Å². The average Bonchev–Trinajstić information content (AvgIpc) is 2.75. The van der Waals surface area contributed by atoms with E-state index in [1.807, 2.05) is 18.2 Å². The maximum absolute atomic E-state index is 5.69. The highest BCUT2D eigenvalue weighted by Crippen LogP contribution is 2.25. The molecule has 0 bridgehead atoms. The van der Waals surface area contributed by atoms with Gasteiger partial charge in [0, 0.05) is 13.2 Å². The van der Waals surface area contributed by atoms with E-state index in [4.69, 9.17) is 10.6 Å². The fourth-order valence-electron chi connectivity index (χ4n) is 1.87. The molecule has 5 heteroatoms. The molecular formula is C11H18N4O. The third-order valence-electron chi connectivity index (χ3n) is 2.84. The van der Waals surface area contributed by atoms with E-state index in [9.17, 15) is 0 Å². The first-order chi connectivity index (χ1) is 7.72. The number of hydrogen-bond acceptors (Lipinski definition) is 5. The molecule has 0 aromatic carbocycles. The lowest BCUT2D eigenvalue weighted by atomic mass is 10.0. The van der Waals surface area contributed by atoms with E-state index >= 15 is 0 Å². The van der Waals surface area contributed by atoms with Crippen LogP contribution >= 0.6 is 0 Å². The molecule has 0 saturated carbocycles. The molecule has 2 heterocycles. The number of rotatable bonds is 4. The summed E-state index contributed by atoms with van der Waals surface area (Å²) >= 11 is 0. The molecule has 1 aromatic rings. The molecule has 16 heavy (non-hydrogen) atoms. The van der Waals surface area contributed by atoms with Crippen molar-refractivity contribution in [3.05, 3.63) is 18.2 Å². The zero-order chi connectivity index (χ0) is 11.4. The largest absolute Gasteiger partial charge is 0.373 e. The third-order valence-corrected chi connectivity index (χ3v) is 2.84. The predicted molar refractivity (Wildman–Crippen MR) is 64.1 cm³/mol. The zero-order valence-corrected chi connectivity index (χ0v) is 9.49. The Labute approximate surface area is 95.4 Å². The Morgan fingerprint density at radius 2 is 2.31 bits per heavy atom. The summed E-state index contributed by atoms with van der Waals surface area (Å²) < 4.78 is 5.69. The molecule has 1 aliphatic rings. The second-order valence-electron chi connectivity index (χ2n) is 4.31. The smallest absolute Gasteiger partial charge is 0.142 e. The van der Waals surface area contributed by atoms with E-state index < -0.39 is 0 Å². The standard InChI is InChI=1S/C11H18N4O/c1-11(6-3-7-16-11)8-13-9-4-2-5-10(14-9)15-12/h2,4-5H,3,6-8,12H2,1H3,(H2,13,14,15). The minimum Gasteiger partial charge on any atom is -0.373 e. The van der Waals surface area contributed by atoms with Crippen molar-refractivity contribution in [3.8, 4) is 0 Å². The number of nitrogens with one attached hydrogen (secondary N) is 2. The van der Waals surface area contributed by atoms with Crippen LogP contribution in [-0.4, -0.2) is 23.7 Å². The predicted octanol–water partition coefficient (Wildman–Crippen LogP) is 1.35. The van der Waals surface area contributed by atoms with Crippen LogP contribution in [0, 0.1) is 0 Å². The van der Waals surface area contributed by atoms with Crippen molar-refractivity contribution < 1.29 is 4.74 Å². The molecule has 0 amide bonds. The van der Waals surface area contributed by atoms with Gasteiger partial charge >= 0.3 is 0 Å². The molecule has 1 aromatic heterocycles. The van der Waals surface area contributed by atoms with Crippen molar-refractivity contribution in [1.82, 2.24) is 4.98 Å². The van der Waals surface area contributed by atoms with Gasteiger partial charge in [-0.1, -0.05) is 6.07 Å². The third kappa shape index (κ3) is 2.62. The SMILES string of the molecule is CC1(CNc2cccc(NN)n2)CCCO1. The molecule has 0 radical (unpaired) electrons. The molecule has 1 saturated heterocycles. The van der Waals surface area contributed by atoms with Crippen molar-refractivity contribution in [1.29, 1.82) is 0 Å². The van der Waals surface area contributed by atoms with E-state index in [0.717, 1.165) is 31.8 Å². The number of aromatic nitrogens is 1. The highest BCUT2D eigenvalue weighted by atomic mass is 16.5. The van der Waals surface area contributed by atoms with Crippen molar-refractivity contribution in [3.63, 3.8) is 0 Å². The number of ether oxygens (including phenoxy) is 1. The second-order valence-corrected chi connectivity index (χ2v) is 4.31. The maximum atomic E-state index is 5.69. The van der Waals surface area contributed by atoms with Crippen LogP contribution < -0.4 is 16.6 Å². The van der Waals surface area contributed by atoms with Gasteiger partial charge in [-0.15, -0.1) is 0 Å². The molecule has 0 spiro atoms. The summed E-state index contributed by atoms with van der Waals surface area (Å²) in [6.07, 6.45) is 2.23. The molecule has 0 aliphatic carbocycles. The molecular weight excluding hydrogens is 204 g/mol. The van der Waals surface area contributed by atoms with Gasteiger partial charge in [-0.05, 0) is 31.9 Å². The number of hydrazine groups is 1. The van der Waals surface area contributed by atoms with Crippen LogP contribution in [0.2, 0.25) is 0 Å². The Balaban J connectivity index is 1.93. The van der Waals surface area contributed by atoms with Crippen molar-refractivity contribution in [2.45, 2.75) is 25.4 Å². The van der Waals surface area contributed by atoms with E-state index in [1.54, 1.807) is 0 Å². The van der Waals surface area contributed by atoms with Crippen molar-refractivity contribution in [2.24, 2.45) is 5.84 Å². The highest BCUT2D eigenvalue weighted by molar-refractivity contribution is 5.44. The van der Waals surface area contributed by atoms with Gasteiger partial charge < -0.3 is 15.5 Å². The van der Waals surface area contributed by atoms with E-state index in [-0.39, 0.29) is 5.60 Å². The van der Waals surface area contributed by atoms with Crippen LogP contribution in [-0.2, 0) is 4.74 Å². The maximum Gasteiger partial charge on any atom is 0.142 e. The lowest BCUT2D eigenvalue weighted by Crippen LogP contribution is -2.32. The van der Waals surface area contributed by atoms with Gasteiger partial charge in [-0.25, -0.2) is 10.8 Å². The molecule has 4 N–H and O–H groups in total. The van der Waals surface area contributed by atoms with Gasteiger partial charge in [0.15, 0.2) is 0 Å². The lowest BCUT2D eigenvalue weighted by Gasteiger charge is -2.23. The van der Waals surface area contributed by atoms with Gasteiger partial charge in [0.05, 0.1) is 5.60 Å². The Hall–Kier alpha value is -1.33. The van der Waals surface area contributed by atoms with Crippen LogP contribution in [0.5, 0.6) is 0 Å². The average molecular weight is 222 g/mol. The summed E-state index contributed by atoms with van der Waals surface area (Å²) in [7, 11) is 0. The molecule has 88 valence electrons. The molecule has 1 aliphatic heterocycles. The lowest BCUT2D eigenvalue weighted by molar-refractivity contribution is 0.0315. The second kappa shape index (κ2) is 4.67. The van der Waals surface area contributed by atoms with E-state index in [1.165, 1.54) is 0 Å². The molecule has 2 rings (SSSR count). The summed E-state index contributed by atoms with van der Waals surface area (Å²) in [5.74, 6) is 6.77. The Morgan fingerprint density at radius 3 is 3.00 bits per heavy atom. The monoisotopic (exact) mass is 222 g/mol. The Morgan fingerprint density at radius 1 is 1.50 bits per heavy atom. The van der Waals surface area contributed by atoms with Gasteiger partial charge in [0.2, 0.25) is 0 Å². The van der Waals surface area contributed by atoms with Crippen LogP contribution in [0.15, 0.2) is 18.2 Å². The topological polar surface area (TPSA) is 72.2 Å². The fourth-order valence-corrected chi connectivity index (χ4v) is 1.87. The quantitative estimate of drug-likeness (QED) is 0.530. The number of pyridine rings is 1. The molecule has 1 unspecified atom stereocenters. The van der Waals surface area contributed by atoms with Crippen molar-refractivity contribution in [2.75, 3.05) is 23.9 Å².